The van der Waals surface area contributed by atoms with Crippen LogP contribution in [-0.4, -0.2) is 36.5 Å². The molecule has 0 bridgehead atoms. The summed E-state index contributed by atoms with van der Waals surface area (Å²) in [5, 5.41) is 10.1. The Kier molecular flexibility index (Phi) is 7.80. The Balaban J connectivity index is 1.82. The van der Waals surface area contributed by atoms with Crippen molar-refractivity contribution in [1.82, 2.24) is 20.9 Å². The zero-order valence-electron chi connectivity index (χ0n) is 15.6. The number of thiazole rings is 1. The number of rotatable bonds is 7. The van der Waals surface area contributed by atoms with E-state index < -0.39 is 11.9 Å². The normalized spacial score (nSPS) is 12.0. The smallest absolute Gasteiger partial charge is 0.357 e. The summed E-state index contributed by atoms with van der Waals surface area (Å²) < 4.78 is 37.8. The Labute approximate surface area is 165 Å². The van der Waals surface area contributed by atoms with Crippen molar-refractivity contribution in [1.29, 1.82) is 0 Å². The number of nitrogens with one attached hydrogen (secondary N) is 3. The maximum Gasteiger partial charge on any atom is 0.434 e. The molecule has 1 aromatic heterocycles. The Morgan fingerprint density at radius 1 is 1.21 bits per heavy atom. The fraction of sp³-hybridized carbons (Fsp3) is 0.389. The van der Waals surface area contributed by atoms with Crippen LogP contribution in [0.5, 0.6) is 0 Å². The van der Waals surface area contributed by atoms with Crippen LogP contribution < -0.4 is 16.0 Å². The fourth-order valence-corrected chi connectivity index (χ4v) is 2.97. The van der Waals surface area contributed by atoms with Crippen molar-refractivity contribution >= 4 is 23.2 Å². The van der Waals surface area contributed by atoms with Gasteiger partial charge in [-0.15, -0.1) is 11.3 Å². The standard InChI is InChI=1S/C18H22F3N5OS/c1-3-22-17(25-10-15-26-14(11-28-15)18(19,20)21)24-8-7-23-16(27)13-6-4-5-12(2)9-13/h4-6,9,11H,3,7-8,10H2,1-2H3,(H,23,27)(H2,22,24,25). The van der Waals surface area contributed by atoms with Crippen LogP contribution in [0.25, 0.3) is 0 Å². The average Bonchev–Trinajstić information content (AvgIpc) is 3.12. The average molecular weight is 413 g/mol. The topological polar surface area (TPSA) is 78.4 Å². The second kappa shape index (κ2) is 10.1. The summed E-state index contributed by atoms with van der Waals surface area (Å²) >= 11 is 0.917. The first kappa shape index (κ1) is 21.7. The number of aryl methyl sites for hydroxylation is 1. The van der Waals surface area contributed by atoms with E-state index in [1.807, 2.05) is 26.0 Å². The van der Waals surface area contributed by atoms with Crippen LogP contribution in [0.4, 0.5) is 13.2 Å². The summed E-state index contributed by atoms with van der Waals surface area (Å²) in [4.78, 5) is 19.9. The Morgan fingerprint density at radius 2 is 1.96 bits per heavy atom. The van der Waals surface area contributed by atoms with Crippen LogP contribution in [0.3, 0.4) is 0 Å². The number of alkyl halides is 3. The van der Waals surface area contributed by atoms with Gasteiger partial charge in [-0.3, -0.25) is 4.79 Å². The Bertz CT molecular complexity index is 820. The molecule has 0 spiro atoms. The summed E-state index contributed by atoms with van der Waals surface area (Å²) in [6.07, 6.45) is -4.45. The van der Waals surface area contributed by atoms with Crippen molar-refractivity contribution in [2.24, 2.45) is 4.99 Å². The molecule has 152 valence electrons. The van der Waals surface area contributed by atoms with E-state index >= 15 is 0 Å². The van der Waals surface area contributed by atoms with Crippen molar-refractivity contribution in [3.8, 4) is 0 Å². The van der Waals surface area contributed by atoms with Gasteiger partial charge in [0.2, 0.25) is 0 Å². The third kappa shape index (κ3) is 6.84. The summed E-state index contributed by atoms with van der Waals surface area (Å²) in [6, 6.07) is 7.28. The van der Waals surface area contributed by atoms with Crippen LogP contribution in [0.2, 0.25) is 0 Å². The molecule has 1 amide bonds. The Morgan fingerprint density at radius 3 is 2.61 bits per heavy atom. The molecule has 0 atom stereocenters. The first-order chi connectivity index (χ1) is 13.3. The first-order valence-electron chi connectivity index (χ1n) is 8.68. The molecule has 0 aliphatic heterocycles. The second-order valence-electron chi connectivity index (χ2n) is 5.87. The molecule has 0 aliphatic carbocycles. The maximum atomic E-state index is 12.6. The summed E-state index contributed by atoms with van der Waals surface area (Å²) in [6.45, 7) is 5.19. The predicted octanol–water partition coefficient (Wildman–Crippen LogP) is 2.96. The number of halogens is 3. The third-order valence-electron chi connectivity index (χ3n) is 3.54. The van der Waals surface area contributed by atoms with Crippen LogP contribution in [-0.2, 0) is 12.7 Å². The van der Waals surface area contributed by atoms with Crippen molar-refractivity contribution in [3.63, 3.8) is 0 Å². The molecule has 0 saturated carbocycles. The molecule has 6 nitrogen and oxygen atoms in total. The van der Waals surface area contributed by atoms with E-state index in [1.165, 1.54) is 0 Å². The van der Waals surface area contributed by atoms with Crippen molar-refractivity contribution in [3.05, 3.63) is 51.5 Å². The van der Waals surface area contributed by atoms with Crippen molar-refractivity contribution in [2.75, 3.05) is 19.6 Å². The van der Waals surface area contributed by atoms with Gasteiger partial charge in [-0.05, 0) is 26.0 Å². The molecule has 28 heavy (non-hydrogen) atoms. The number of carbonyl (C=O) groups excluding carboxylic acids is 1. The van der Waals surface area contributed by atoms with Gasteiger partial charge in [0.25, 0.3) is 5.91 Å². The zero-order valence-corrected chi connectivity index (χ0v) is 16.4. The van der Waals surface area contributed by atoms with Gasteiger partial charge in [0.05, 0.1) is 6.54 Å². The van der Waals surface area contributed by atoms with Gasteiger partial charge in [0.1, 0.15) is 5.01 Å². The van der Waals surface area contributed by atoms with Gasteiger partial charge >= 0.3 is 6.18 Å². The third-order valence-corrected chi connectivity index (χ3v) is 4.38. The number of benzene rings is 1. The van der Waals surface area contributed by atoms with E-state index in [1.54, 1.807) is 12.1 Å². The highest BCUT2D eigenvalue weighted by molar-refractivity contribution is 7.09. The number of nitrogens with zero attached hydrogens (tertiary/aromatic N) is 2. The van der Waals surface area contributed by atoms with Gasteiger partial charge in [-0.1, -0.05) is 17.7 Å². The summed E-state index contributed by atoms with van der Waals surface area (Å²) in [7, 11) is 0. The number of aliphatic imine (C=N–C) groups is 1. The minimum absolute atomic E-state index is 0.0335. The second-order valence-corrected chi connectivity index (χ2v) is 6.81. The minimum atomic E-state index is -4.45. The molecule has 0 unspecified atom stereocenters. The van der Waals surface area contributed by atoms with E-state index in [0.29, 0.717) is 31.2 Å². The minimum Gasteiger partial charge on any atom is -0.357 e. The van der Waals surface area contributed by atoms with E-state index in [4.69, 9.17) is 0 Å². The highest BCUT2D eigenvalue weighted by atomic mass is 32.1. The molecule has 3 N–H and O–H groups in total. The molecule has 0 saturated heterocycles. The number of aromatic nitrogens is 1. The largest absolute Gasteiger partial charge is 0.434 e. The van der Waals surface area contributed by atoms with Gasteiger partial charge in [0, 0.05) is 30.6 Å². The number of hydrogen-bond acceptors (Lipinski definition) is 4. The molecule has 1 heterocycles. The van der Waals surface area contributed by atoms with E-state index in [2.05, 4.69) is 25.9 Å². The van der Waals surface area contributed by atoms with Gasteiger partial charge in [-0.2, -0.15) is 13.2 Å². The van der Waals surface area contributed by atoms with Crippen molar-refractivity contribution < 1.29 is 18.0 Å². The predicted molar refractivity (Wildman–Crippen MR) is 103 cm³/mol. The van der Waals surface area contributed by atoms with Gasteiger partial charge in [-0.25, -0.2) is 9.98 Å². The summed E-state index contributed by atoms with van der Waals surface area (Å²) in [5.41, 5.74) is 0.688. The number of guanidine groups is 1. The SMILES string of the molecule is CCNC(=NCc1nc(C(F)(F)F)cs1)NCCNC(=O)c1cccc(C)c1. The molecule has 0 fully saturated rings. The van der Waals surface area contributed by atoms with E-state index in [9.17, 15) is 18.0 Å². The lowest BCUT2D eigenvalue weighted by Gasteiger charge is -2.11. The number of hydrogen-bond donors (Lipinski definition) is 3. The lowest BCUT2D eigenvalue weighted by atomic mass is 10.1. The molecule has 2 aromatic rings. The van der Waals surface area contributed by atoms with Gasteiger partial charge < -0.3 is 16.0 Å². The van der Waals surface area contributed by atoms with Crippen LogP contribution >= 0.6 is 11.3 Å². The highest BCUT2D eigenvalue weighted by Crippen LogP contribution is 2.30. The molecule has 2 rings (SSSR count). The first-order valence-corrected chi connectivity index (χ1v) is 9.56. The lowest BCUT2D eigenvalue weighted by Crippen LogP contribution is -2.41. The number of amides is 1. The highest BCUT2D eigenvalue weighted by Gasteiger charge is 2.33. The van der Waals surface area contributed by atoms with E-state index in [-0.39, 0.29) is 17.5 Å². The molecule has 10 heteroatoms. The maximum absolute atomic E-state index is 12.6. The molecular formula is C18H22F3N5OS. The molecule has 0 radical (unpaired) electrons. The van der Waals surface area contributed by atoms with E-state index in [0.717, 1.165) is 22.3 Å². The number of carbonyl (C=O) groups is 1. The lowest BCUT2D eigenvalue weighted by molar-refractivity contribution is -0.140. The van der Waals surface area contributed by atoms with Crippen molar-refractivity contribution in [2.45, 2.75) is 26.6 Å². The molecule has 0 aliphatic rings. The van der Waals surface area contributed by atoms with Crippen LogP contribution in [0.15, 0.2) is 34.6 Å². The molecular weight excluding hydrogens is 391 g/mol. The van der Waals surface area contributed by atoms with Crippen LogP contribution in [0, 0.1) is 6.92 Å². The Hall–Kier alpha value is -2.62. The summed E-state index contributed by atoms with van der Waals surface area (Å²) in [5.74, 6) is 0.269. The monoisotopic (exact) mass is 413 g/mol. The molecule has 1 aromatic carbocycles. The van der Waals surface area contributed by atoms with Gasteiger partial charge in [0.15, 0.2) is 11.7 Å². The zero-order chi connectivity index (χ0) is 20.6. The van der Waals surface area contributed by atoms with Crippen LogP contribution in [0.1, 0.15) is 33.5 Å². The fourth-order valence-electron chi connectivity index (χ4n) is 2.25. The quantitative estimate of drug-likeness (QED) is 0.371.